The van der Waals surface area contributed by atoms with Crippen molar-refractivity contribution in [1.29, 1.82) is 0 Å². The van der Waals surface area contributed by atoms with E-state index in [1.165, 1.54) is 4.88 Å². The normalized spacial score (nSPS) is 12.7. The van der Waals surface area contributed by atoms with Gasteiger partial charge in [0, 0.05) is 15.3 Å². The summed E-state index contributed by atoms with van der Waals surface area (Å²) in [7, 11) is 0. The van der Waals surface area contributed by atoms with Crippen molar-refractivity contribution in [3.8, 4) is 5.75 Å². The smallest absolute Gasteiger partial charge is 0.387 e. The van der Waals surface area contributed by atoms with Crippen LogP contribution in [0.3, 0.4) is 0 Å². The summed E-state index contributed by atoms with van der Waals surface area (Å²) in [6.45, 7) is 1.23. The number of rotatable bonds is 4. The lowest BCUT2D eigenvalue weighted by Crippen LogP contribution is -2.05. The second-order valence-electron chi connectivity index (χ2n) is 4.18. The van der Waals surface area contributed by atoms with E-state index in [1.54, 1.807) is 29.5 Å². The lowest BCUT2D eigenvalue weighted by atomic mass is 10.1. The van der Waals surface area contributed by atoms with Crippen molar-refractivity contribution in [2.24, 2.45) is 0 Å². The van der Waals surface area contributed by atoms with Gasteiger partial charge in [-0.1, -0.05) is 34.1 Å². The largest absolute Gasteiger partial charge is 0.434 e. The van der Waals surface area contributed by atoms with Crippen LogP contribution in [0.15, 0.2) is 30.3 Å². The van der Waals surface area contributed by atoms with Crippen LogP contribution in [0.1, 0.15) is 25.7 Å². The Labute approximate surface area is 123 Å². The predicted molar refractivity (Wildman–Crippen MR) is 77.6 cm³/mol. The molecule has 0 bridgehead atoms. The third-order valence-corrected chi connectivity index (χ3v) is 5.19. The van der Waals surface area contributed by atoms with Crippen molar-refractivity contribution in [2.45, 2.75) is 25.3 Å². The Balaban J connectivity index is 2.38. The zero-order chi connectivity index (χ0) is 14.0. The Morgan fingerprint density at radius 2 is 1.89 bits per heavy atom. The average Bonchev–Trinajstić information content (AvgIpc) is 2.67. The SMILES string of the molecule is Cc1cc(C)c(C(Br)c2ccccc2OC(F)F)s1. The molecule has 0 radical (unpaired) electrons. The van der Waals surface area contributed by atoms with E-state index in [4.69, 9.17) is 0 Å². The van der Waals surface area contributed by atoms with Gasteiger partial charge in [0.2, 0.25) is 0 Å². The molecule has 1 aromatic heterocycles. The number of thiophene rings is 1. The van der Waals surface area contributed by atoms with Gasteiger partial charge in [0.25, 0.3) is 0 Å². The van der Waals surface area contributed by atoms with Crippen molar-refractivity contribution in [2.75, 3.05) is 0 Å². The number of para-hydroxylation sites is 1. The summed E-state index contributed by atoms with van der Waals surface area (Å²) in [5.41, 5.74) is 1.86. The Hall–Kier alpha value is -0.940. The van der Waals surface area contributed by atoms with Gasteiger partial charge >= 0.3 is 6.61 Å². The number of aryl methyl sites for hydroxylation is 2. The molecule has 0 N–H and O–H groups in total. The maximum Gasteiger partial charge on any atom is 0.387 e. The molecule has 1 unspecified atom stereocenters. The van der Waals surface area contributed by atoms with Crippen molar-refractivity contribution < 1.29 is 13.5 Å². The molecule has 102 valence electrons. The first-order valence-corrected chi connectivity index (χ1v) is 7.47. The van der Waals surface area contributed by atoms with E-state index in [0.717, 1.165) is 10.4 Å². The van der Waals surface area contributed by atoms with Gasteiger partial charge in [-0.3, -0.25) is 0 Å². The molecule has 1 heterocycles. The summed E-state index contributed by atoms with van der Waals surface area (Å²) in [6, 6.07) is 8.95. The molecular weight excluding hydrogens is 334 g/mol. The van der Waals surface area contributed by atoms with Crippen LogP contribution < -0.4 is 4.74 Å². The molecule has 5 heteroatoms. The standard InChI is InChI=1S/C14H13BrF2OS/c1-8-7-9(2)19-13(8)12(15)10-5-3-4-6-11(10)18-14(16)17/h3-7,12,14H,1-2H3. The molecule has 0 amide bonds. The highest BCUT2D eigenvalue weighted by Gasteiger charge is 2.20. The van der Waals surface area contributed by atoms with E-state index >= 15 is 0 Å². The van der Waals surface area contributed by atoms with Crippen LogP contribution in [-0.2, 0) is 0 Å². The maximum atomic E-state index is 12.4. The number of hydrogen-bond acceptors (Lipinski definition) is 2. The summed E-state index contributed by atoms with van der Waals surface area (Å²) in [4.78, 5) is 2.17. The van der Waals surface area contributed by atoms with Crippen LogP contribution >= 0.6 is 27.3 Å². The van der Waals surface area contributed by atoms with Crippen molar-refractivity contribution >= 4 is 27.3 Å². The second kappa shape index (κ2) is 6.01. The van der Waals surface area contributed by atoms with Crippen LogP contribution in [0.4, 0.5) is 8.78 Å². The molecule has 1 aromatic carbocycles. The van der Waals surface area contributed by atoms with Crippen LogP contribution in [-0.4, -0.2) is 6.61 Å². The molecule has 1 atom stereocenters. The van der Waals surface area contributed by atoms with Gasteiger partial charge in [-0.2, -0.15) is 8.78 Å². The van der Waals surface area contributed by atoms with Crippen molar-refractivity contribution in [1.82, 2.24) is 0 Å². The molecular formula is C14H13BrF2OS. The summed E-state index contributed by atoms with van der Waals surface area (Å²) < 4.78 is 29.4. The summed E-state index contributed by atoms with van der Waals surface area (Å²) in [6.07, 6.45) is 0. The zero-order valence-corrected chi connectivity index (χ0v) is 12.9. The Morgan fingerprint density at radius 1 is 1.21 bits per heavy atom. The van der Waals surface area contributed by atoms with Gasteiger partial charge < -0.3 is 4.74 Å². The number of hydrogen-bond donors (Lipinski definition) is 0. The van der Waals surface area contributed by atoms with Gasteiger partial charge in [0.15, 0.2) is 0 Å². The third kappa shape index (κ3) is 3.34. The average molecular weight is 347 g/mol. The first kappa shape index (κ1) is 14.5. The molecule has 0 aliphatic heterocycles. The Morgan fingerprint density at radius 3 is 2.47 bits per heavy atom. The van der Waals surface area contributed by atoms with E-state index in [9.17, 15) is 8.78 Å². The quantitative estimate of drug-likeness (QED) is 0.668. The number of benzene rings is 1. The van der Waals surface area contributed by atoms with E-state index in [1.807, 2.05) is 19.9 Å². The molecule has 0 aliphatic rings. The first-order chi connectivity index (χ1) is 8.99. The topological polar surface area (TPSA) is 9.23 Å². The predicted octanol–water partition coefficient (Wildman–Crippen LogP) is 5.45. The number of ether oxygens (including phenoxy) is 1. The second-order valence-corrected chi connectivity index (χ2v) is 6.39. The minimum atomic E-state index is -2.81. The van der Waals surface area contributed by atoms with Crippen LogP contribution in [0.5, 0.6) is 5.75 Å². The monoisotopic (exact) mass is 346 g/mol. The zero-order valence-electron chi connectivity index (χ0n) is 10.5. The lowest BCUT2D eigenvalue weighted by molar-refractivity contribution is -0.0503. The molecule has 1 nitrogen and oxygen atoms in total. The number of halogens is 3. The molecule has 2 aromatic rings. The molecule has 0 saturated heterocycles. The van der Waals surface area contributed by atoms with Gasteiger partial charge in [0.05, 0.1) is 4.83 Å². The first-order valence-electron chi connectivity index (χ1n) is 5.73. The van der Waals surface area contributed by atoms with Crippen LogP contribution in [0.25, 0.3) is 0 Å². The molecule has 19 heavy (non-hydrogen) atoms. The highest BCUT2D eigenvalue weighted by Crippen LogP contribution is 2.41. The number of alkyl halides is 3. The van der Waals surface area contributed by atoms with E-state index in [0.29, 0.717) is 5.56 Å². The molecule has 0 spiro atoms. The van der Waals surface area contributed by atoms with E-state index in [-0.39, 0.29) is 10.6 Å². The summed E-state index contributed by atoms with van der Waals surface area (Å²) in [5.74, 6) is 0.213. The lowest BCUT2D eigenvalue weighted by Gasteiger charge is -2.15. The fourth-order valence-corrected chi connectivity index (χ4v) is 4.00. The molecule has 0 aliphatic carbocycles. The van der Waals surface area contributed by atoms with Gasteiger partial charge in [-0.15, -0.1) is 11.3 Å². The van der Waals surface area contributed by atoms with E-state index in [2.05, 4.69) is 26.7 Å². The fraction of sp³-hybridized carbons (Fsp3) is 0.286. The van der Waals surface area contributed by atoms with Crippen molar-refractivity contribution in [3.63, 3.8) is 0 Å². The summed E-state index contributed by atoms with van der Waals surface area (Å²) in [5, 5.41) is 0. The molecule has 2 rings (SSSR count). The van der Waals surface area contributed by atoms with Crippen molar-refractivity contribution in [3.05, 3.63) is 51.2 Å². The minimum absolute atomic E-state index is 0.138. The Kier molecular flexibility index (Phi) is 4.58. The molecule has 0 saturated carbocycles. The van der Waals surface area contributed by atoms with E-state index < -0.39 is 6.61 Å². The summed E-state index contributed by atoms with van der Waals surface area (Å²) >= 11 is 5.24. The Bertz CT molecular complexity index is 568. The molecule has 0 fully saturated rings. The highest BCUT2D eigenvalue weighted by molar-refractivity contribution is 9.09. The fourth-order valence-electron chi connectivity index (χ4n) is 1.95. The minimum Gasteiger partial charge on any atom is -0.434 e. The highest BCUT2D eigenvalue weighted by atomic mass is 79.9. The van der Waals surface area contributed by atoms with Crippen LogP contribution in [0, 0.1) is 13.8 Å². The maximum absolute atomic E-state index is 12.4. The van der Waals surface area contributed by atoms with Gasteiger partial charge in [0.1, 0.15) is 5.75 Å². The van der Waals surface area contributed by atoms with Gasteiger partial charge in [-0.05, 0) is 31.5 Å². The van der Waals surface area contributed by atoms with Gasteiger partial charge in [-0.25, -0.2) is 0 Å². The third-order valence-electron chi connectivity index (χ3n) is 2.72. The van der Waals surface area contributed by atoms with Crippen LogP contribution in [0.2, 0.25) is 0 Å².